The zero-order chi connectivity index (χ0) is 15.5. The van der Waals surface area contributed by atoms with Crippen LogP contribution >= 0.6 is 11.3 Å². The number of ether oxygens (including phenoxy) is 1. The molecule has 0 amide bonds. The molecule has 2 aromatic rings. The van der Waals surface area contributed by atoms with Crippen LogP contribution in [0.15, 0.2) is 18.6 Å². The van der Waals surface area contributed by atoms with Crippen LogP contribution in [0.3, 0.4) is 0 Å². The maximum atomic E-state index is 5.89. The zero-order valence-corrected chi connectivity index (χ0v) is 14.1. The third-order valence-electron chi connectivity index (χ3n) is 3.90. The van der Waals surface area contributed by atoms with Crippen LogP contribution < -0.4 is 10.2 Å². The molecule has 0 aliphatic carbocycles. The molecule has 7 heteroatoms. The van der Waals surface area contributed by atoms with Gasteiger partial charge in [0.2, 0.25) is 0 Å². The molecule has 0 saturated carbocycles. The minimum absolute atomic E-state index is 0.167. The Labute approximate surface area is 135 Å². The van der Waals surface area contributed by atoms with Crippen LogP contribution in [0.1, 0.15) is 23.0 Å². The zero-order valence-electron chi connectivity index (χ0n) is 13.3. The third kappa shape index (κ3) is 3.48. The van der Waals surface area contributed by atoms with Crippen LogP contribution in [0, 0.1) is 5.92 Å². The Morgan fingerprint density at radius 1 is 1.45 bits per heavy atom. The van der Waals surface area contributed by atoms with Crippen molar-refractivity contribution in [2.24, 2.45) is 13.0 Å². The number of nitrogens with zero attached hydrogens (tertiary/aromatic N) is 4. The first-order valence-electron chi connectivity index (χ1n) is 7.56. The summed E-state index contributed by atoms with van der Waals surface area (Å²) in [4.78, 5) is 7.70. The van der Waals surface area contributed by atoms with Crippen molar-refractivity contribution in [3.8, 4) is 0 Å². The van der Waals surface area contributed by atoms with Crippen LogP contribution in [0.5, 0.6) is 0 Å². The maximum Gasteiger partial charge on any atom is 0.185 e. The number of anilines is 1. The van der Waals surface area contributed by atoms with Gasteiger partial charge in [-0.2, -0.15) is 5.10 Å². The van der Waals surface area contributed by atoms with Gasteiger partial charge in [-0.1, -0.05) is 0 Å². The fourth-order valence-electron chi connectivity index (χ4n) is 2.76. The van der Waals surface area contributed by atoms with E-state index in [4.69, 9.17) is 4.74 Å². The molecule has 0 aromatic carbocycles. The van der Waals surface area contributed by atoms with E-state index in [0.717, 1.165) is 31.2 Å². The molecule has 1 fully saturated rings. The van der Waals surface area contributed by atoms with E-state index in [1.165, 1.54) is 10.4 Å². The van der Waals surface area contributed by atoms with Crippen molar-refractivity contribution >= 4 is 16.5 Å². The summed E-state index contributed by atoms with van der Waals surface area (Å²) in [6.45, 7) is 2.65. The van der Waals surface area contributed by atoms with Crippen LogP contribution in [0.2, 0.25) is 0 Å². The molecule has 6 nitrogen and oxygen atoms in total. The summed E-state index contributed by atoms with van der Waals surface area (Å²) in [5, 5.41) is 8.85. The van der Waals surface area contributed by atoms with Crippen molar-refractivity contribution < 1.29 is 4.74 Å². The summed E-state index contributed by atoms with van der Waals surface area (Å²) < 4.78 is 7.73. The van der Waals surface area contributed by atoms with Crippen molar-refractivity contribution in [3.05, 3.63) is 29.0 Å². The molecule has 3 heterocycles. The quantitative estimate of drug-likeness (QED) is 0.879. The highest BCUT2D eigenvalue weighted by atomic mass is 32.1. The molecule has 1 saturated heterocycles. The van der Waals surface area contributed by atoms with Gasteiger partial charge in [0.25, 0.3) is 0 Å². The van der Waals surface area contributed by atoms with E-state index in [1.807, 2.05) is 43.1 Å². The molecule has 3 rings (SSSR count). The summed E-state index contributed by atoms with van der Waals surface area (Å²) in [6, 6.07) is 0. The standard InChI is InChI=1S/C15H23N5OS/c1-19(2)15-17-9-13(22-15)8-16-6-11-4-5-21-14(11)12-7-18-20(3)10-12/h7,9-11,14,16H,4-6,8H2,1-3H3/t11-,14-/m0/s1. The molecule has 0 bridgehead atoms. The smallest absolute Gasteiger partial charge is 0.185 e. The average Bonchev–Trinajstić information content (AvgIpc) is 3.18. The maximum absolute atomic E-state index is 5.89. The lowest BCUT2D eigenvalue weighted by atomic mass is 9.97. The van der Waals surface area contributed by atoms with Gasteiger partial charge in [0.15, 0.2) is 5.13 Å². The van der Waals surface area contributed by atoms with Crippen molar-refractivity contribution in [2.75, 3.05) is 32.1 Å². The van der Waals surface area contributed by atoms with Crippen molar-refractivity contribution in [1.29, 1.82) is 0 Å². The Balaban J connectivity index is 1.52. The minimum Gasteiger partial charge on any atom is -0.373 e. The Hall–Kier alpha value is -1.44. The molecular weight excluding hydrogens is 298 g/mol. The van der Waals surface area contributed by atoms with Crippen LogP contribution in [-0.2, 0) is 18.3 Å². The average molecular weight is 321 g/mol. The van der Waals surface area contributed by atoms with Gasteiger partial charge in [-0.25, -0.2) is 4.98 Å². The topological polar surface area (TPSA) is 55.2 Å². The number of hydrogen-bond acceptors (Lipinski definition) is 6. The lowest BCUT2D eigenvalue weighted by Crippen LogP contribution is -2.24. The molecule has 22 heavy (non-hydrogen) atoms. The molecule has 1 aliphatic rings. The van der Waals surface area contributed by atoms with Gasteiger partial charge in [0.05, 0.1) is 12.3 Å². The van der Waals surface area contributed by atoms with E-state index in [1.54, 1.807) is 11.3 Å². The predicted molar refractivity (Wildman–Crippen MR) is 88.2 cm³/mol. The molecule has 1 aliphatic heterocycles. The minimum atomic E-state index is 0.167. The largest absolute Gasteiger partial charge is 0.373 e. The number of aromatic nitrogens is 3. The Bertz CT molecular complexity index is 609. The first-order chi connectivity index (χ1) is 10.6. The van der Waals surface area contributed by atoms with Gasteiger partial charge in [0, 0.05) is 69.6 Å². The first-order valence-corrected chi connectivity index (χ1v) is 8.38. The molecule has 0 radical (unpaired) electrons. The van der Waals surface area contributed by atoms with E-state index in [0.29, 0.717) is 5.92 Å². The van der Waals surface area contributed by atoms with Gasteiger partial charge in [-0.3, -0.25) is 4.68 Å². The third-order valence-corrected chi connectivity index (χ3v) is 5.06. The number of aryl methyl sites for hydroxylation is 1. The van der Waals surface area contributed by atoms with Crippen molar-refractivity contribution in [3.63, 3.8) is 0 Å². The second-order valence-corrected chi connectivity index (χ2v) is 7.02. The van der Waals surface area contributed by atoms with Crippen molar-refractivity contribution in [2.45, 2.75) is 19.1 Å². The SMILES string of the molecule is CN(C)c1ncc(CNC[C@@H]2CCO[C@@H]2c2cnn(C)c2)s1. The van der Waals surface area contributed by atoms with E-state index in [9.17, 15) is 0 Å². The van der Waals surface area contributed by atoms with Crippen LogP contribution in [0.25, 0.3) is 0 Å². The molecular formula is C15H23N5OS. The second kappa shape index (κ2) is 6.76. The highest BCUT2D eigenvalue weighted by molar-refractivity contribution is 7.15. The van der Waals surface area contributed by atoms with E-state index < -0.39 is 0 Å². The van der Waals surface area contributed by atoms with Gasteiger partial charge in [-0.05, 0) is 6.42 Å². The highest BCUT2D eigenvalue weighted by Gasteiger charge is 2.30. The fraction of sp³-hybridized carbons (Fsp3) is 0.600. The van der Waals surface area contributed by atoms with E-state index in [2.05, 4.69) is 21.6 Å². The second-order valence-electron chi connectivity index (χ2n) is 5.92. The fourth-order valence-corrected chi connectivity index (χ4v) is 3.57. The number of rotatable bonds is 6. The van der Waals surface area contributed by atoms with Crippen LogP contribution in [-0.4, -0.2) is 42.0 Å². The lowest BCUT2D eigenvalue weighted by Gasteiger charge is -2.17. The van der Waals surface area contributed by atoms with Gasteiger partial charge in [-0.15, -0.1) is 11.3 Å². The predicted octanol–water partition coefficient (Wildman–Crippen LogP) is 1.81. The van der Waals surface area contributed by atoms with Crippen molar-refractivity contribution in [1.82, 2.24) is 20.1 Å². The lowest BCUT2D eigenvalue weighted by molar-refractivity contribution is 0.0904. The van der Waals surface area contributed by atoms with E-state index >= 15 is 0 Å². The molecule has 0 spiro atoms. The summed E-state index contributed by atoms with van der Waals surface area (Å²) in [5.41, 5.74) is 1.18. The molecule has 120 valence electrons. The highest BCUT2D eigenvalue weighted by Crippen LogP contribution is 2.33. The van der Waals surface area contributed by atoms with Gasteiger partial charge < -0.3 is 15.0 Å². The number of nitrogens with one attached hydrogen (secondary N) is 1. The summed E-state index contributed by atoms with van der Waals surface area (Å²) in [5.74, 6) is 0.505. The molecule has 0 unspecified atom stereocenters. The monoisotopic (exact) mass is 321 g/mol. The summed E-state index contributed by atoms with van der Waals surface area (Å²) in [6.07, 6.45) is 7.18. The Morgan fingerprint density at radius 2 is 2.32 bits per heavy atom. The number of hydrogen-bond donors (Lipinski definition) is 1. The Morgan fingerprint density at radius 3 is 3.00 bits per heavy atom. The van der Waals surface area contributed by atoms with Gasteiger partial charge >= 0.3 is 0 Å². The molecule has 1 N–H and O–H groups in total. The summed E-state index contributed by atoms with van der Waals surface area (Å²) >= 11 is 1.73. The normalized spacial score (nSPS) is 21.4. The molecule has 2 atom stereocenters. The van der Waals surface area contributed by atoms with E-state index in [-0.39, 0.29) is 6.10 Å². The van der Waals surface area contributed by atoms with Gasteiger partial charge in [0.1, 0.15) is 0 Å². The molecule has 2 aromatic heterocycles. The number of thiazole rings is 1. The van der Waals surface area contributed by atoms with Crippen LogP contribution in [0.4, 0.5) is 5.13 Å². The summed E-state index contributed by atoms with van der Waals surface area (Å²) in [7, 11) is 5.98. The Kier molecular flexibility index (Phi) is 4.75. The first kappa shape index (κ1) is 15.5.